The van der Waals surface area contributed by atoms with Crippen molar-refractivity contribution in [2.75, 3.05) is 0 Å². The molecule has 0 fully saturated rings. The van der Waals surface area contributed by atoms with Gasteiger partial charge < -0.3 is 4.42 Å². The first-order valence-electron chi connectivity index (χ1n) is 4.29. The normalized spacial score (nSPS) is 11.1. The van der Waals surface area contributed by atoms with Crippen LogP contribution in [-0.4, -0.2) is 4.98 Å². The number of rotatable bonds is 2. The van der Waals surface area contributed by atoms with Gasteiger partial charge in [-0.3, -0.25) is 0 Å². The summed E-state index contributed by atoms with van der Waals surface area (Å²) in [4.78, 5) is 3.79. The highest BCUT2D eigenvalue weighted by Gasteiger charge is 2.04. The van der Waals surface area contributed by atoms with E-state index in [2.05, 4.69) is 4.98 Å². The molecular weight excluding hydrogens is 200 g/mol. The highest BCUT2D eigenvalue weighted by Crippen LogP contribution is 2.15. The molecule has 0 aliphatic carbocycles. The molecule has 1 aromatic heterocycles. The molecule has 0 saturated carbocycles. The van der Waals surface area contributed by atoms with E-state index in [1.54, 1.807) is 0 Å². The van der Waals surface area contributed by atoms with Crippen LogP contribution in [0, 0.1) is 11.6 Å². The highest BCUT2D eigenvalue weighted by atomic mass is 19.1. The monoisotopic (exact) mass is 207 g/mol. The summed E-state index contributed by atoms with van der Waals surface area (Å²) in [5, 5.41) is 0. The molecule has 0 aliphatic heterocycles. The van der Waals surface area contributed by atoms with E-state index in [0.29, 0.717) is 5.89 Å². The third-order valence-electron chi connectivity index (χ3n) is 1.84. The van der Waals surface area contributed by atoms with Crippen LogP contribution in [0.2, 0.25) is 0 Å². The van der Waals surface area contributed by atoms with Crippen molar-refractivity contribution >= 4 is 12.2 Å². The minimum Gasteiger partial charge on any atom is -0.445 e. The van der Waals surface area contributed by atoms with Gasteiger partial charge in [-0.15, -0.1) is 0 Å². The smallest absolute Gasteiger partial charge is 0.218 e. The molecule has 2 aromatic rings. The predicted octanol–water partition coefficient (Wildman–Crippen LogP) is 3.12. The summed E-state index contributed by atoms with van der Waals surface area (Å²) >= 11 is 0. The summed E-state index contributed by atoms with van der Waals surface area (Å²) in [5.41, 5.74) is -0.101. The van der Waals surface area contributed by atoms with E-state index in [0.717, 1.165) is 0 Å². The Kier molecular flexibility index (Phi) is 2.58. The van der Waals surface area contributed by atoms with Crippen LogP contribution in [0.5, 0.6) is 0 Å². The molecule has 0 atom stereocenters. The van der Waals surface area contributed by atoms with Gasteiger partial charge in [0.2, 0.25) is 5.89 Å². The molecule has 0 amide bonds. The maximum atomic E-state index is 13.1. The van der Waals surface area contributed by atoms with Gasteiger partial charge in [0, 0.05) is 11.6 Å². The number of halogens is 2. The molecule has 15 heavy (non-hydrogen) atoms. The quantitative estimate of drug-likeness (QED) is 0.756. The zero-order valence-electron chi connectivity index (χ0n) is 7.65. The van der Waals surface area contributed by atoms with E-state index < -0.39 is 11.6 Å². The largest absolute Gasteiger partial charge is 0.445 e. The van der Waals surface area contributed by atoms with Crippen molar-refractivity contribution < 1.29 is 13.2 Å². The van der Waals surface area contributed by atoms with Gasteiger partial charge in [-0.2, -0.15) is 0 Å². The lowest BCUT2D eigenvalue weighted by atomic mass is 10.2. The summed E-state index contributed by atoms with van der Waals surface area (Å²) < 4.78 is 31.2. The first-order chi connectivity index (χ1) is 7.27. The van der Waals surface area contributed by atoms with Crippen LogP contribution in [0.15, 0.2) is 35.1 Å². The zero-order chi connectivity index (χ0) is 10.7. The topological polar surface area (TPSA) is 26.0 Å². The lowest BCUT2D eigenvalue weighted by Crippen LogP contribution is -1.86. The number of benzene rings is 1. The summed E-state index contributed by atoms with van der Waals surface area (Å²) in [6.07, 6.45) is 5.53. The van der Waals surface area contributed by atoms with Crippen LogP contribution in [0.25, 0.3) is 12.2 Å². The van der Waals surface area contributed by atoms with E-state index >= 15 is 0 Å². The fourth-order valence-electron chi connectivity index (χ4n) is 1.14. The first kappa shape index (κ1) is 9.58. The van der Waals surface area contributed by atoms with Gasteiger partial charge in [0.25, 0.3) is 0 Å². The predicted molar refractivity (Wildman–Crippen MR) is 51.8 cm³/mol. The second-order valence-corrected chi connectivity index (χ2v) is 2.84. The van der Waals surface area contributed by atoms with E-state index in [1.807, 2.05) is 0 Å². The van der Waals surface area contributed by atoms with Crippen molar-refractivity contribution in [3.05, 3.63) is 53.7 Å². The molecule has 2 nitrogen and oxygen atoms in total. The van der Waals surface area contributed by atoms with Crippen LogP contribution >= 0.6 is 0 Å². The Morgan fingerprint density at radius 1 is 1.13 bits per heavy atom. The Bertz CT molecular complexity index is 457. The molecular formula is C11H7F2NO. The van der Waals surface area contributed by atoms with Gasteiger partial charge in [-0.25, -0.2) is 13.8 Å². The van der Waals surface area contributed by atoms with Crippen molar-refractivity contribution in [1.29, 1.82) is 0 Å². The fraction of sp³-hybridized carbons (Fsp3) is 0. The lowest BCUT2D eigenvalue weighted by Gasteiger charge is -1.96. The lowest BCUT2D eigenvalue weighted by molar-refractivity contribution is 0.546. The maximum Gasteiger partial charge on any atom is 0.218 e. The van der Waals surface area contributed by atoms with E-state index in [9.17, 15) is 8.78 Å². The Labute approximate surface area is 84.9 Å². The molecule has 1 heterocycles. The van der Waals surface area contributed by atoms with Crippen LogP contribution in [0.3, 0.4) is 0 Å². The van der Waals surface area contributed by atoms with Crippen molar-refractivity contribution in [2.24, 2.45) is 0 Å². The van der Waals surface area contributed by atoms with E-state index in [1.165, 1.54) is 42.8 Å². The molecule has 2 rings (SSSR count). The summed E-state index contributed by atoms with van der Waals surface area (Å²) in [5.74, 6) is -0.923. The molecule has 0 bridgehead atoms. The number of hydrogen-bond acceptors (Lipinski definition) is 2. The van der Waals surface area contributed by atoms with Crippen LogP contribution < -0.4 is 0 Å². The zero-order valence-corrected chi connectivity index (χ0v) is 7.65. The van der Waals surface area contributed by atoms with Crippen molar-refractivity contribution in [3.8, 4) is 0 Å². The molecule has 0 aliphatic rings. The van der Waals surface area contributed by atoms with Gasteiger partial charge in [0.15, 0.2) is 0 Å². The van der Waals surface area contributed by atoms with Crippen molar-refractivity contribution in [3.63, 3.8) is 0 Å². The second-order valence-electron chi connectivity index (χ2n) is 2.84. The van der Waals surface area contributed by atoms with Gasteiger partial charge in [-0.1, -0.05) is 6.07 Å². The third-order valence-corrected chi connectivity index (χ3v) is 1.84. The number of aromatic nitrogens is 1. The van der Waals surface area contributed by atoms with Gasteiger partial charge >= 0.3 is 0 Å². The summed E-state index contributed by atoms with van der Waals surface area (Å²) in [6.45, 7) is 0. The second kappa shape index (κ2) is 4.04. The minimum atomic E-state index is -0.613. The Hall–Kier alpha value is -1.97. The van der Waals surface area contributed by atoms with Gasteiger partial charge in [0.1, 0.15) is 17.9 Å². The van der Waals surface area contributed by atoms with Gasteiger partial charge in [0.05, 0.1) is 6.20 Å². The van der Waals surface area contributed by atoms with E-state index in [-0.39, 0.29) is 5.56 Å². The Morgan fingerprint density at radius 3 is 2.47 bits per heavy atom. The van der Waals surface area contributed by atoms with Crippen molar-refractivity contribution in [2.45, 2.75) is 0 Å². The number of nitrogens with zero attached hydrogens (tertiary/aromatic N) is 1. The van der Waals surface area contributed by atoms with E-state index in [4.69, 9.17) is 4.42 Å². The molecule has 4 heteroatoms. The number of hydrogen-bond donors (Lipinski definition) is 0. The molecule has 0 unspecified atom stereocenters. The average molecular weight is 207 g/mol. The van der Waals surface area contributed by atoms with Crippen LogP contribution in [0.4, 0.5) is 8.78 Å². The SMILES string of the molecule is Fc1cccc(F)c1/C=C/c1ncco1. The highest BCUT2D eigenvalue weighted by molar-refractivity contribution is 5.66. The molecule has 0 spiro atoms. The summed E-state index contributed by atoms with van der Waals surface area (Å²) in [6, 6.07) is 3.70. The van der Waals surface area contributed by atoms with Crippen molar-refractivity contribution in [1.82, 2.24) is 4.98 Å². The minimum absolute atomic E-state index is 0.101. The summed E-state index contributed by atoms with van der Waals surface area (Å²) in [7, 11) is 0. The molecule has 0 saturated heterocycles. The Morgan fingerprint density at radius 2 is 1.87 bits per heavy atom. The average Bonchev–Trinajstić information content (AvgIpc) is 2.70. The maximum absolute atomic E-state index is 13.1. The standard InChI is InChI=1S/C11H7F2NO/c12-9-2-1-3-10(13)8(9)4-5-11-14-6-7-15-11/h1-7H/b5-4+. The molecule has 76 valence electrons. The molecule has 0 N–H and O–H groups in total. The molecule has 1 aromatic carbocycles. The van der Waals surface area contributed by atoms with Gasteiger partial charge in [-0.05, 0) is 18.2 Å². The molecule has 0 radical (unpaired) electrons. The number of oxazole rings is 1. The Balaban J connectivity index is 2.32. The first-order valence-corrected chi connectivity index (χ1v) is 4.29. The van der Waals surface area contributed by atoms with Crippen LogP contribution in [0.1, 0.15) is 11.5 Å². The van der Waals surface area contributed by atoms with Crippen LogP contribution in [-0.2, 0) is 0 Å². The fourth-order valence-corrected chi connectivity index (χ4v) is 1.14. The third kappa shape index (κ3) is 2.10.